The monoisotopic (exact) mass is 394 g/mol. The van der Waals surface area contributed by atoms with Gasteiger partial charge >= 0.3 is 0 Å². The Bertz CT molecular complexity index is 906. The number of nitrogens with zero attached hydrogens (tertiary/aromatic N) is 6. The van der Waals surface area contributed by atoms with Crippen LogP contribution < -0.4 is 4.90 Å². The van der Waals surface area contributed by atoms with Crippen molar-refractivity contribution >= 4 is 11.6 Å². The van der Waals surface area contributed by atoms with E-state index in [1.54, 1.807) is 6.20 Å². The molecule has 0 radical (unpaired) electrons. The Labute approximate surface area is 172 Å². The number of aromatic nitrogens is 3. The Hall–Kier alpha value is -2.54. The fraction of sp³-hybridized carbons (Fsp3) is 0.545. The van der Waals surface area contributed by atoms with Crippen LogP contribution in [0.25, 0.3) is 0 Å². The minimum absolute atomic E-state index is 0.00863. The van der Waals surface area contributed by atoms with Gasteiger partial charge in [-0.15, -0.1) is 0 Å². The van der Waals surface area contributed by atoms with Gasteiger partial charge in [-0.2, -0.15) is 0 Å². The molecule has 7 heteroatoms. The maximum absolute atomic E-state index is 13.3. The third-order valence-electron chi connectivity index (χ3n) is 6.01. The summed E-state index contributed by atoms with van der Waals surface area (Å²) in [6.07, 6.45) is 3.59. The first-order valence-corrected chi connectivity index (χ1v) is 10.5. The van der Waals surface area contributed by atoms with Crippen LogP contribution in [0, 0.1) is 20.8 Å². The minimum Gasteiger partial charge on any atom is -0.369 e. The van der Waals surface area contributed by atoms with E-state index in [1.807, 2.05) is 25.7 Å². The lowest BCUT2D eigenvalue weighted by molar-refractivity contribution is 0.0731. The molecule has 0 aliphatic carbocycles. The van der Waals surface area contributed by atoms with Gasteiger partial charge < -0.3 is 14.7 Å². The molecule has 7 nitrogen and oxygen atoms in total. The van der Waals surface area contributed by atoms with E-state index in [2.05, 4.69) is 38.9 Å². The predicted octanol–water partition coefficient (Wildman–Crippen LogP) is 2.53. The van der Waals surface area contributed by atoms with Crippen molar-refractivity contribution in [2.24, 2.45) is 0 Å². The molecule has 2 saturated heterocycles. The molecule has 0 bridgehead atoms. The van der Waals surface area contributed by atoms with Crippen LogP contribution in [0.15, 0.2) is 18.3 Å². The lowest BCUT2D eigenvalue weighted by Crippen LogP contribution is -2.44. The summed E-state index contributed by atoms with van der Waals surface area (Å²) >= 11 is 0. The zero-order chi connectivity index (χ0) is 20.5. The van der Waals surface area contributed by atoms with Crippen LogP contribution >= 0.6 is 0 Å². The normalized spacial score (nSPS) is 20.3. The molecule has 4 rings (SSSR count). The Morgan fingerprint density at radius 3 is 2.52 bits per heavy atom. The molecule has 29 heavy (non-hydrogen) atoms. The molecule has 2 aromatic heterocycles. The first-order chi connectivity index (χ1) is 13.9. The maximum Gasteiger partial charge on any atom is 0.257 e. The molecule has 0 N–H and O–H groups in total. The van der Waals surface area contributed by atoms with Gasteiger partial charge in [-0.3, -0.25) is 9.78 Å². The number of pyridine rings is 1. The fourth-order valence-electron chi connectivity index (χ4n) is 4.36. The summed E-state index contributed by atoms with van der Waals surface area (Å²) in [6, 6.07) is 4.36. The number of amides is 1. The molecule has 0 saturated carbocycles. The zero-order valence-corrected chi connectivity index (χ0v) is 17.9. The van der Waals surface area contributed by atoms with E-state index in [0.717, 1.165) is 62.6 Å². The van der Waals surface area contributed by atoms with Gasteiger partial charge in [0.2, 0.25) is 0 Å². The number of carbonyl (C=O) groups is 1. The van der Waals surface area contributed by atoms with Crippen molar-refractivity contribution in [3.63, 3.8) is 0 Å². The first kappa shape index (κ1) is 19.8. The number of hydrogen-bond donors (Lipinski definition) is 0. The van der Waals surface area contributed by atoms with Crippen molar-refractivity contribution in [1.82, 2.24) is 24.8 Å². The van der Waals surface area contributed by atoms with Crippen LogP contribution in [0.5, 0.6) is 0 Å². The van der Waals surface area contributed by atoms with Crippen molar-refractivity contribution in [3.05, 3.63) is 46.8 Å². The maximum atomic E-state index is 13.3. The van der Waals surface area contributed by atoms with E-state index in [0.29, 0.717) is 11.4 Å². The van der Waals surface area contributed by atoms with E-state index >= 15 is 0 Å². The second-order valence-corrected chi connectivity index (χ2v) is 8.25. The summed E-state index contributed by atoms with van der Waals surface area (Å²) in [5.74, 6) is 0.698. The SMILES string of the molecule is Cc1cc(N2CCN(C)CC2)cc([C@@H]2CCCN2C(=O)c2cnc(C)nc2C)n1. The molecule has 2 aromatic rings. The van der Waals surface area contributed by atoms with Crippen LogP contribution in [0.4, 0.5) is 5.69 Å². The number of likely N-dealkylation sites (N-methyl/N-ethyl adjacent to an activating group) is 1. The molecular weight excluding hydrogens is 364 g/mol. The molecule has 2 aliphatic heterocycles. The highest BCUT2D eigenvalue weighted by molar-refractivity contribution is 5.95. The molecule has 154 valence electrons. The molecule has 1 amide bonds. The summed E-state index contributed by atoms with van der Waals surface area (Å²) < 4.78 is 0. The second-order valence-electron chi connectivity index (χ2n) is 8.25. The second kappa shape index (κ2) is 8.06. The van der Waals surface area contributed by atoms with Gasteiger partial charge in [-0.1, -0.05) is 0 Å². The molecular formula is C22H30N6O. The number of anilines is 1. The Morgan fingerprint density at radius 2 is 1.79 bits per heavy atom. The highest BCUT2D eigenvalue weighted by Gasteiger charge is 2.33. The van der Waals surface area contributed by atoms with Gasteiger partial charge in [0.05, 0.1) is 23.0 Å². The van der Waals surface area contributed by atoms with E-state index < -0.39 is 0 Å². The third-order valence-corrected chi connectivity index (χ3v) is 6.01. The van der Waals surface area contributed by atoms with Crippen molar-refractivity contribution in [2.75, 3.05) is 44.7 Å². The lowest BCUT2D eigenvalue weighted by atomic mass is 10.1. The van der Waals surface area contributed by atoms with E-state index in [4.69, 9.17) is 4.98 Å². The van der Waals surface area contributed by atoms with Gasteiger partial charge in [-0.05, 0) is 52.8 Å². The molecule has 4 heterocycles. The molecule has 0 spiro atoms. The number of aryl methyl sites for hydroxylation is 3. The Morgan fingerprint density at radius 1 is 1.03 bits per heavy atom. The number of rotatable bonds is 3. The van der Waals surface area contributed by atoms with Gasteiger partial charge in [-0.25, -0.2) is 9.97 Å². The summed E-state index contributed by atoms with van der Waals surface area (Å²) in [5, 5.41) is 0. The largest absolute Gasteiger partial charge is 0.369 e. The van der Waals surface area contributed by atoms with Gasteiger partial charge in [0.25, 0.3) is 5.91 Å². The van der Waals surface area contributed by atoms with Gasteiger partial charge in [0, 0.05) is 50.3 Å². The highest BCUT2D eigenvalue weighted by Crippen LogP contribution is 2.34. The summed E-state index contributed by atoms with van der Waals surface area (Å²) in [4.78, 5) is 33.5. The van der Waals surface area contributed by atoms with Crippen LogP contribution in [-0.4, -0.2) is 70.4 Å². The minimum atomic E-state index is 0.00863. The van der Waals surface area contributed by atoms with E-state index in [-0.39, 0.29) is 11.9 Å². The van der Waals surface area contributed by atoms with Gasteiger partial charge in [0.15, 0.2) is 0 Å². The summed E-state index contributed by atoms with van der Waals surface area (Å²) in [5.41, 5.74) is 4.55. The van der Waals surface area contributed by atoms with E-state index in [1.165, 1.54) is 5.69 Å². The van der Waals surface area contributed by atoms with Crippen LogP contribution in [-0.2, 0) is 0 Å². The zero-order valence-electron chi connectivity index (χ0n) is 17.9. The molecule has 0 unspecified atom stereocenters. The summed E-state index contributed by atoms with van der Waals surface area (Å²) in [6.45, 7) is 10.7. The topological polar surface area (TPSA) is 65.5 Å². The fourth-order valence-corrected chi connectivity index (χ4v) is 4.36. The first-order valence-electron chi connectivity index (χ1n) is 10.5. The smallest absolute Gasteiger partial charge is 0.257 e. The molecule has 2 fully saturated rings. The molecule has 2 aliphatic rings. The summed E-state index contributed by atoms with van der Waals surface area (Å²) in [7, 11) is 2.17. The third kappa shape index (κ3) is 4.10. The quantitative estimate of drug-likeness (QED) is 0.797. The molecule has 1 atom stereocenters. The predicted molar refractivity (Wildman–Crippen MR) is 113 cm³/mol. The van der Waals surface area contributed by atoms with E-state index in [9.17, 15) is 4.79 Å². The van der Waals surface area contributed by atoms with Crippen LogP contribution in [0.3, 0.4) is 0 Å². The number of carbonyl (C=O) groups excluding carboxylic acids is 1. The number of hydrogen-bond acceptors (Lipinski definition) is 6. The number of likely N-dealkylation sites (tertiary alicyclic amines) is 1. The van der Waals surface area contributed by atoms with Crippen LogP contribution in [0.2, 0.25) is 0 Å². The lowest BCUT2D eigenvalue weighted by Gasteiger charge is -2.34. The average Bonchev–Trinajstić information content (AvgIpc) is 3.17. The van der Waals surface area contributed by atoms with Crippen molar-refractivity contribution in [1.29, 1.82) is 0 Å². The molecule has 0 aromatic carbocycles. The van der Waals surface area contributed by atoms with Crippen LogP contribution in [0.1, 0.15) is 52.1 Å². The average molecular weight is 395 g/mol. The standard InChI is InChI=1S/C22H30N6O/c1-15-12-18(27-10-8-26(4)9-11-27)13-20(24-15)21-6-5-7-28(21)22(29)19-14-23-17(3)25-16(19)2/h12-14,21H,5-11H2,1-4H3/t21-/m0/s1. The highest BCUT2D eigenvalue weighted by atomic mass is 16.2. The van der Waals surface area contributed by atoms with Crippen molar-refractivity contribution < 1.29 is 4.79 Å². The Kier molecular flexibility index (Phi) is 5.50. The Balaban J connectivity index is 1.61. The number of piperazine rings is 1. The van der Waals surface area contributed by atoms with Crippen molar-refractivity contribution in [2.45, 2.75) is 39.7 Å². The van der Waals surface area contributed by atoms with Crippen molar-refractivity contribution in [3.8, 4) is 0 Å². The van der Waals surface area contributed by atoms with Gasteiger partial charge in [0.1, 0.15) is 5.82 Å².